The molecule has 1 N–H and O–H groups in total. The zero-order valence-electron chi connectivity index (χ0n) is 15.6. The average Bonchev–Trinajstić information content (AvgIpc) is 2.67. The largest absolute Gasteiger partial charge is 0.416 e. The molecule has 1 heterocycles. The fraction of sp³-hybridized carbons (Fsp3) is 0.429. The zero-order chi connectivity index (χ0) is 21.2. The maximum absolute atomic E-state index is 13.1. The number of hydrogen-bond acceptors (Lipinski definition) is 2. The summed E-state index contributed by atoms with van der Waals surface area (Å²) in [5, 5.41) is 3.26. The van der Waals surface area contributed by atoms with Gasteiger partial charge in [0.1, 0.15) is 0 Å². The van der Waals surface area contributed by atoms with E-state index in [0.29, 0.717) is 19.5 Å². The van der Waals surface area contributed by atoms with Gasteiger partial charge in [-0.3, -0.25) is 0 Å². The van der Waals surface area contributed by atoms with Crippen molar-refractivity contribution in [2.75, 3.05) is 13.1 Å². The van der Waals surface area contributed by atoms with Crippen LogP contribution in [0.15, 0.2) is 48.5 Å². The van der Waals surface area contributed by atoms with E-state index in [1.54, 1.807) is 0 Å². The SMILES string of the molecule is C[C@@H](O[C@@H]1CCNC[C@@H]1c1ccccc1)c1cc(C(F)(F)F)cc(C(F)(F)F)c1. The molecule has 0 bridgehead atoms. The average molecular weight is 417 g/mol. The van der Waals surface area contributed by atoms with Crippen molar-refractivity contribution >= 4 is 0 Å². The van der Waals surface area contributed by atoms with Crippen LogP contribution in [0.25, 0.3) is 0 Å². The molecule has 0 spiro atoms. The summed E-state index contributed by atoms with van der Waals surface area (Å²) in [4.78, 5) is 0. The van der Waals surface area contributed by atoms with E-state index in [-0.39, 0.29) is 23.7 Å². The van der Waals surface area contributed by atoms with Crippen LogP contribution in [-0.2, 0) is 17.1 Å². The lowest BCUT2D eigenvalue weighted by Gasteiger charge is -2.34. The first-order valence-corrected chi connectivity index (χ1v) is 9.26. The van der Waals surface area contributed by atoms with Gasteiger partial charge in [0, 0.05) is 12.5 Å². The minimum absolute atomic E-state index is 0.0414. The highest BCUT2D eigenvalue weighted by atomic mass is 19.4. The van der Waals surface area contributed by atoms with Gasteiger partial charge in [-0.05, 0) is 49.2 Å². The maximum atomic E-state index is 13.1. The second kappa shape index (κ2) is 8.36. The predicted molar refractivity (Wildman–Crippen MR) is 96.4 cm³/mol. The number of ether oxygens (including phenoxy) is 1. The van der Waals surface area contributed by atoms with Crippen molar-refractivity contribution in [1.29, 1.82) is 0 Å². The second-order valence-corrected chi connectivity index (χ2v) is 7.17. The Morgan fingerprint density at radius 3 is 2.07 bits per heavy atom. The van der Waals surface area contributed by atoms with Crippen LogP contribution in [0.3, 0.4) is 0 Å². The van der Waals surface area contributed by atoms with E-state index in [1.165, 1.54) is 6.92 Å². The normalized spacial score (nSPS) is 21.8. The maximum Gasteiger partial charge on any atom is 0.416 e. The van der Waals surface area contributed by atoms with E-state index in [4.69, 9.17) is 4.74 Å². The topological polar surface area (TPSA) is 21.3 Å². The van der Waals surface area contributed by atoms with Gasteiger partial charge in [-0.1, -0.05) is 30.3 Å². The summed E-state index contributed by atoms with van der Waals surface area (Å²) in [7, 11) is 0. The highest BCUT2D eigenvalue weighted by Gasteiger charge is 2.38. The van der Waals surface area contributed by atoms with Gasteiger partial charge in [-0.25, -0.2) is 0 Å². The van der Waals surface area contributed by atoms with Crippen LogP contribution in [0, 0.1) is 0 Å². The van der Waals surface area contributed by atoms with Crippen molar-refractivity contribution in [2.24, 2.45) is 0 Å². The van der Waals surface area contributed by atoms with Crippen LogP contribution < -0.4 is 5.32 Å². The quantitative estimate of drug-likeness (QED) is 0.621. The fourth-order valence-corrected chi connectivity index (χ4v) is 3.58. The van der Waals surface area contributed by atoms with E-state index in [9.17, 15) is 26.3 Å². The molecule has 3 atom stereocenters. The summed E-state index contributed by atoms with van der Waals surface area (Å²) < 4.78 is 84.8. The van der Waals surface area contributed by atoms with Crippen molar-refractivity contribution in [1.82, 2.24) is 5.32 Å². The molecule has 0 amide bonds. The molecule has 8 heteroatoms. The Morgan fingerprint density at radius 1 is 0.931 bits per heavy atom. The van der Waals surface area contributed by atoms with Crippen molar-refractivity contribution in [3.8, 4) is 0 Å². The molecule has 2 aromatic carbocycles. The third-order valence-corrected chi connectivity index (χ3v) is 5.10. The Bertz CT molecular complexity index is 786. The molecule has 0 saturated carbocycles. The molecule has 1 fully saturated rings. The Kier molecular flexibility index (Phi) is 6.24. The number of hydrogen-bond donors (Lipinski definition) is 1. The summed E-state index contributed by atoms with van der Waals surface area (Å²) in [5.41, 5.74) is -1.79. The van der Waals surface area contributed by atoms with Crippen LogP contribution in [0.4, 0.5) is 26.3 Å². The van der Waals surface area contributed by atoms with E-state index in [0.717, 1.165) is 17.7 Å². The standard InChI is InChI=1S/C21H21F6NO/c1-13(15-9-16(20(22,23)24)11-17(10-15)21(25,26)27)29-19-7-8-28-12-18(19)14-5-3-2-4-6-14/h2-6,9-11,13,18-19,28H,7-8,12H2,1H3/t13-,18-,19-/m1/s1. The Morgan fingerprint density at radius 2 is 1.52 bits per heavy atom. The molecule has 158 valence electrons. The lowest BCUT2D eigenvalue weighted by Crippen LogP contribution is -2.40. The number of nitrogens with one attached hydrogen (secondary N) is 1. The van der Waals surface area contributed by atoms with Gasteiger partial charge in [0.2, 0.25) is 0 Å². The number of benzene rings is 2. The second-order valence-electron chi connectivity index (χ2n) is 7.17. The molecule has 0 aliphatic carbocycles. The van der Waals surface area contributed by atoms with E-state index >= 15 is 0 Å². The Labute approximate surface area is 164 Å². The minimum atomic E-state index is -4.88. The van der Waals surface area contributed by atoms with Gasteiger partial charge < -0.3 is 10.1 Å². The first-order valence-electron chi connectivity index (χ1n) is 9.26. The number of rotatable bonds is 4. The molecule has 0 aromatic heterocycles. The van der Waals surface area contributed by atoms with Crippen molar-refractivity contribution in [3.05, 3.63) is 70.8 Å². The summed E-state index contributed by atoms with van der Waals surface area (Å²) in [5.74, 6) is -0.0414. The van der Waals surface area contributed by atoms with E-state index < -0.39 is 29.6 Å². The van der Waals surface area contributed by atoms with Gasteiger partial charge in [-0.15, -0.1) is 0 Å². The van der Waals surface area contributed by atoms with Gasteiger partial charge >= 0.3 is 12.4 Å². The molecule has 1 saturated heterocycles. The summed E-state index contributed by atoms with van der Waals surface area (Å²) in [6.45, 7) is 2.77. The number of halogens is 6. The van der Waals surface area contributed by atoms with Crippen LogP contribution in [0.5, 0.6) is 0 Å². The predicted octanol–water partition coefficient (Wildman–Crippen LogP) is 5.95. The molecular formula is C21H21F6NO. The third-order valence-electron chi connectivity index (χ3n) is 5.10. The highest BCUT2D eigenvalue weighted by molar-refractivity contribution is 5.35. The minimum Gasteiger partial charge on any atom is -0.370 e. The molecule has 0 radical (unpaired) electrons. The Hall–Kier alpha value is -2.06. The van der Waals surface area contributed by atoms with Crippen LogP contribution in [0.1, 0.15) is 47.6 Å². The third kappa shape index (κ3) is 5.30. The van der Waals surface area contributed by atoms with Crippen LogP contribution in [-0.4, -0.2) is 19.2 Å². The molecule has 0 unspecified atom stereocenters. The Balaban J connectivity index is 1.88. The van der Waals surface area contributed by atoms with Crippen molar-refractivity contribution < 1.29 is 31.1 Å². The molecule has 2 nitrogen and oxygen atoms in total. The van der Waals surface area contributed by atoms with Gasteiger partial charge in [0.25, 0.3) is 0 Å². The molecule has 3 rings (SSSR count). The van der Waals surface area contributed by atoms with Crippen LogP contribution >= 0.6 is 0 Å². The molecule has 1 aliphatic rings. The summed E-state index contributed by atoms with van der Waals surface area (Å²) in [6.07, 6.45) is -10.4. The molecular weight excluding hydrogens is 396 g/mol. The molecule has 29 heavy (non-hydrogen) atoms. The van der Waals surface area contributed by atoms with E-state index in [1.807, 2.05) is 30.3 Å². The molecule has 1 aliphatic heterocycles. The molecule has 2 aromatic rings. The number of piperidine rings is 1. The summed E-state index contributed by atoms with van der Waals surface area (Å²) >= 11 is 0. The zero-order valence-corrected chi connectivity index (χ0v) is 15.6. The smallest absolute Gasteiger partial charge is 0.370 e. The lowest BCUT2D eigenvalue weighted by molar-refractivity contribution is -0.143. The number of alkyl halides is 6. The van der Waals surface area contributed by atoms with Gasteiger partial charge in [0.05, 0.1) is 23.3 Å². The van der Waals surface area contributed by atoms with Crippen molar-refractivity contribution in [2.45, 2.75) is 43.8 Å². The lowest BCUT2D eigenvalue weighted by atomic mass is 9.88. The monoisotopic (exact) mass is 417 g/mol. The first kappa shape index (κ1) is 21.6. The van der Waals surface area contributed by atoms with E-state index in [2.05, 4.69) is 5.32 Å². The van der Waals surface area contributed by atoms with Crippen molar-refractivity contribution in [3.63, 3.8) is 0 Å². The highest BCUT2D eigenvalue weighted by Crippen LogP contribution is 2.39. The fourth-order valence-electron chi connectivity index (χ4n) is 3.58. The first-order chi connectivity index (χ1) is 13.6. The van der Waals surface area contributed by atoms with Crippen LogP contribution in [0.2, 0.25) is 0 Å². The van der Waals surface area contributed by atoms with Gasteiger partial charge in [-0.2, -0.15) is 26.3 Å². The van der Waals surface area contributed by atoms with Gasteiger partial charge in [0.15, 0.2) is 0 Å². The summed E-state index contributed by atoms with van der Waals surface area (Å²) in [6, 6.07) is 11.1.